The minimum atomic E-state index is -0.953. The van der Waals surface area contributed by atoms with E-state index in [9.17, 15) is 14.4 Å². The average Bonchev–Trinajstić information content (AvgIpc) is 3.04. The molecule has 26 heavy (non-hydrogen) atoms. The first-order valence-corrected chi connectivity index (χ1v) is 7.91. The van der Waals surface area contributed by atoms with Crippen molar-refractivity contribution in [3.63, 3.8) is 0 Å². The fraction of sp³-hybridized carbons (Fsp3) is 0.294. The lowest BCUT2D eigenvalue weighted by atomic mass is 10.2. The molecule has 0 radical (unpaired) electrons. The molecule has 0 bridgehead atoms. The van der Waals surface area contributed by atoms with Gasteiger partial charge in [-0.3, -0.25) is 9.48 Å². The van der Waals surface area contributed by atoms with E-state index in [1.807, 2.05) is 24.3 Å². The molecule has 0 N–H and O–H groups in total. The number of hydrogen-bond donors (Lipinski definition) is 0. The van der Waals surface area contributed by atoms with Crippen LogP contribution in [0.1, 0.15) is 12.5 Å². The second-order valence-electron chi connectivity index (χ2n) is 5.46. The smallest absolute Gasteiger partial charge is 0.424 e. The molecular weight excluding hydrogens is 342 g/mol. The van der Waals surface area contributed by atoms with Gasteiger partial charge in [-0.05, 0) is 24.6 Å². The monoisotopic (exact) mass is 359 g/mol. The Morgan fingerprint density at radius 1 is 1.23 bits per heavy atom. The van der Waals surface area contributed by atoms with Gasteiger partial charge in [-0.2, -0.15) is 5.10 Å². The second kappa shape index (κ2) is 7.26. The highest BCUT2D eigenvalue weighted by Crippen LogP contribution is 2.13. The van der Waals surface area contributed by atoms with E-state index < -0.39 is 17.4 Å². The first-order valence-electron chi connectivity index (χ1n) is 7.91. The van der Waals surface area contributed by atoms with E-state index in [4.69, 9.17) is 9.47 Å². The van der Waals surface area contributed by atoms with Crippen molar-refractivity contribution in [2.24, 2.45) is 0 Å². The quantitative estimate of drug-likeness (QED) is 0.599. The third kappa shape index (κ3) is 3.51. The van der Waals surface area contributed by atoms with Crippen molar-refractivity contribution in [1.82, 2.24) is 14.3 Å². The number of methoxy groups -OCH3 is 1. The number of benzene rings is 1. The molecule has 0 aliphatic carbocycles. The van der Waals surface area contributed by atoms with E-state index in [2.05, 4.69) is 9.52 Å². The molecule has 136 valence electrons. The first kappa shape index (κ1) is 17.5. The predicted octanol–water partition coefficient (Wildman–Crippen LogP) is 0.771. The Morgan fingerprint density at radius 2 is 1.96 bits per heavy atom. The number of carbonyl (C=O) groups excluding carboxylic acids is 1. The summed E-state index contributed by atoms with van der Waals surface area (Å²) in [5, 5.41) is 4.38. The van der Waals surface area contributed by atoms with Gasteiger partial charge in [0.1, 0.15) is 17.7 Å². The van der Waals surface area contributed by atoms with Crippen molar-refractivity contribution in [3.8, 4) is 5.75 Å². The molecule has 0 atom stereocenters. The third-order valence-electron chi connectivity index (χ3n) is 3.71. The predicted molar refractivity (Wildman–Crippen MR) is 91.3 cm³/mol. The highest BCUT2D eigenvalue weighted by atomic mass is 16.5. The molecule has 0 saturated carbocycles. The van der Waals surface area contributed by atoms with Gasteiger partial charge in [-0.25, -0.2) is 14.2 Å². The van der Waals surface area contributed by atoms with Crippen LogP contribution < -0.4 is 16.1 Å². The van der Waals surface area contributed by atoms with Crippen molar-refractivity contribution in [2.45, 2.75) is 20.0 Å². The minimum absolute atomic E-state index is 0.0767. The van der Waals surface area contributed by atoms with Gasteiger partial charge >= 0.3 is 17.4 Å². The van der Waals surface area contributed by atoms with E-state index in [-0.39, 0.29) is 24.2 Å². The van der Waals surface area contributed by atoms with Crippen LogP contribution in [0.3, 0.4) is 0 Å². The Labute approximate surface area is 147 Å². The van der Waals surface area contributed by atoms with Crippen LogP contribution in [0.5, 0.6) is 5.75 Å². The van der Waals surface area contributed by atoms with Crippen LogP contribution >= 0.6 is 0 Å². The fourth-order valence-electron chi connectivity index (χ4n) is 2.50. The van der Waals surface area contributed by atoms with E-state index in [0.717, 1.165) is 15.9 Å². The lowest BCUT2D eigenvalue weighted by Gasteiger charge is -2.05. The van der Waals surface area contributed by atoms with Crippen molar-refractivity contribution in [2.75, 3.05) is 13.7 Å². The molecule has 0 saturated heterocycles. The Hall–Kier alpha value is -3.36. The van der Waals surface area contributed by atoms with Gasteiger partial charge in [-0.15, -0.1) is 0 Å². The minimum Gasteiger partial charge on any atom is -0.497 e. The number of fused-ring (bicyclic) bond motifs is 1. The maximum absolute atomic E-state index is 12.0. The summed E-state index contributed by atoms with van der Waals surface area (Å²) in [5.74, 6) is -0.844. The van der Waals surface area contributed by atoms with E-state index in [1.165, 1.54) is 10.9 Å². The molecule has 0 fully saturated rings. The van der Waals surface area contributed by atoms with Crippen LogP contribution in [-0.2, 0) is 22.6 Å². The molecule has 0 spiro atoms. The topological polar surface area (TPSA) is 106 Å². The molecule has 3 aromatic rings. The molecule has 9 nitrogen and oxygen atoms in total. The molecule has 2 aromatic heterocycles. The largest absolute Gasteiger partial charge is 0.497 e. The SMILES string of the molecule is CCOC(=O)Cn1c(=O)oc(=O)c2cn(Cc3ccc(OC)cc3)nc21. The Bertz CT molecular complexity index is 1050. The van der Waals surface area contributed by atoms with Crippen LogP contribution in [0.25, 0.3) is 11.0 Å². The molecular formula is C17H17N3O6. The summed E-state index contributed by atoms with van der Waals surface area (Å²) >= 11 is 0. The normalized spacial score (nSPS) is 10.8. The van der Waals surface area contributed by atoms with Crippen molar-refractivity contribution < 1.29 is 18.7 Å². The fourth-order valence-corrected chi connectivity index (χ4v) is 2.50. The highest BCUT2D eigenvalue weighted by molar-refractivity contribution is 5.75. The van der Waals surface area contributed by atoms with Crippen LogP contribution in [-0.4, -0.2) is 34.0 Å². The number of nitrogens with zero attached hydrogens (tertiary/aromatic N) is 3. The van der Waals surface area contributed by atoms with E-state index >= 15 is 0 Å². The zero-order valence-electron chi connectivity index (χ0n) is 14.3. The Morgan fingerprint density at radius 3 is 2.62 bits per heavy atom. The van der Waals surface area contributed by atoms with Crippen LogP contribution in [0.15, 0.2) is 44.5 Å². The van der Waals surface area contributed by atoms with Gasteiger partial charge in [-0.1, -0.05) is 12.1 Å². The van der Waals surface area contributed by atoms with Crippen molar-refractivity contribution in [3.05, 3.63) is 57.0 Å². The zero-order valence-corrected chi connectivity index (χ0v) is 14.3. The molecule has 0 aliphatic rings. The summed E-state index contributed by atoms with van der Waals surface area (Å²) in [6.45, 7) is 1.82. The average molecular weight is 359 g/mol. The number of rotatable bonds is 6. The zero-order chi connectivity index (χ0) is 18.7. The molecule has 1 aromatic carbocycles. The van der Waals surface area contributed by atoms with Gasteiger partial charge in [0.05, 0.1) is 20.3 Å². The van der Waals surface area contributed by atoms with Gasteiger partial charge in [0.15, 0.2) is 5.65 Å². The number of aromatic nitrogens is 3. The van der Waals surface area contributed by atoms with Gasteiger partial charge in [0.2, 0.25) is 0 Å². The van der Waals surface area contributed by atoms with Crippen LogP contribution in [0.4, 0.5) is 0 Å². The summed E-state index contributed by atoms with van der Waals surface area (Å²) in [6, 6.07) is 7.34. The number of ether oxygens (including phenoxy) is 2. The summed E-state index contributed by atoms with van der Waals surface area (Å²) in [4.78, 5) is 35.6. The van der Waals surface area contributed by atoms with Crippen LogP contribution in [0.2, 0.25) is 0 Å². The van der Waals surface area contributed by atoms with Gasteiger partial charge < -0.3 is 13.9 Å². The summed E-state index contributed by atoms with van der Waals surface area (Å²) in [5.41, 5.74) is 0.196. The summed E-state index contributed by atoms with van der Waals surface area (Å²) in [7, 11) is 1.58. The Kier molecular flexibility index (Phi) is 4.87. The van der Waals surface area contributed by atoms with Gasteiger partial charge in [0, 0.05) is 6.20 Å². The van der Waals surface area contributed by atoms with Crippen molar-refractivity contribution >= 4 is 17.0 Å². The van der Waals surface area contributed by atoms with E-state index in [0.29, 0.717) is 6.54 Å². The molecule has 0 aliphatic heterocycles. The maximum Gasteiger partial charge on any atom is 0.424 e. The number of esters is 1. The highest BCUT2D eigenvalue weighted by Gasteiger charge is 2.17. The lowest BCUT2D eigenvalue weighted by molar-refractivity contribution is -0.143. The number of carbonyl (C=O) groups is 1. The lowest BCUT2D eigenvalue weighted by Crippen LogP contribution is -2.28. The molecule has 3 rings (SSSR count). The number of hydrogen-bond acceptors (Lipinski definition) is 7. The molecule has 2 heterocycles. The van der Waals surface area contributed by atoms with Gasteiger partial charge in [0.25, 0.3) is 0 Å². The molecule has 0 amide bonds. The second-order valence-corrected chi connectivity index (χ2v) is 5.46. The Balaban J connectivity index is 1.98. The standard InChI is InChI=1S/C17H17N3O6/c1-3-25-14(21)10-20-15-13(16(22)26-17(20)23)9-19(18-15)8-11-4-6-12(24-2)7-5-11/h4-7,9H,3,8,10H2,1-2H3. The van der Waals surface area contributed by atoms with Crippen LogP contribution in [0, 0.1) is 0 Å². The van der Waals surface area contributed by atoms with Crippen molar-refractivity contribution in [1.29, 1.82) is 0 Å². The first-order chi connectivity index (χ1) is 12.5. The summed E-state index contributed by atoms with van der Waals surface area (Å²) < 4.78 is 17.1. The molecule has 9 heteroatoms. The molecule has 0 unspecified atom stereocenters. The van der Waals surface area contributed by atoms with E-state index in [1.54, 1.807) is 14.0 Å². The third-order valence-corrected chi connectivity index (χ3v) is 3.71. The summed E-state index contributed by atoms with van der Waals surface area (Å²) in [6.07, 6.45) is 1.48. The maximum atomic E-state index is 12.0.